The van der Waals surface area contributed by atoms with Gasteiger partial charge in [-0.15, -0.1) is 11.8 Å². The Balaban J connectivity index is 1.36. The number of thioether (sulfide) groups is 1. The first-order chi connectivity index (χ1) is 13.2. The summed E-state index contributed by atoms with van der Waals surface area (Å²) in [5.74, 6) is 1.10. The molecule has 146 valence electrons. The molecule has 1 amide bonds. The molecule has 0 aliphatic carbocycles. The van der Waals surface area contributed by atoms with Gasteiger partial charge in [0.15, 0.2) is 5.76 Å². The van der Waals surface area contributed by atoms with Crippen molar-refractivity contribution < 1.29 is 18.8 Å². The van der Waals surface area contributed by atoms with Gasteiger partial charge in [-0.3, -0.25) is 4.79 Å². The van der Waals surface area contributed by atoms with E-state index in [0.717, 1.165) is 31.6 Å². The average molecular weight is 391 g/mol. The molecular weight excluding hydrogens is 364 g/mol. The molecular formula is C20H26N2O4S. The first-order valence-corrected chi connectivity index (χ1v) is 10.4. The van der Waals surface area contributed by atoms with Crippen LogP contribution in [0.15, 0.2) is 39.8 Å². The van der Waals surface area contributed by atoms with Gasteiger partial charge in [-0.05, 0) is 42.7 Å². The van der Waals surface area contributed by atoms with Crippen LogP contribution in [-0.4, -0.2) is 37.1 Å². The van der Waals surface area contributed by atoms with Crippen LogP contribution < -0.4 is 5.32 Å². The number of benzene rings is 1. The summed E-state index contributed by atoms with van der Waals surface area (Å²) in [5, 5.41) is 6.94. The van der Waals surface area contributed by atoms with E-state index in [1.54, 1.807) is 17.8 Å². The van der Waals surface area contributed by atoms with E-state index < -0.39 is 0 Å². The van der Waals surface area contributed by atoms with E-state index in [9.17, 15) is 4.79 Å². The molecule has 3 rings (SSSR count). The van der Waals surface area contributed by atoms with E-state index in [0.29, 0.717) is 37.1 Å². The van der Waals surface area contributed by atoms with Crippen LogP contribution in [-0.2, 0) is 33.9 Å². The number of nitrogens with one attached hydrogen (secondary N) is 1. The molecule has 1 fully saturated rings. The molecule has 0 spiro atoms. The number of nitrogens with zero attached hydrogens (tertiary/aromatic N) is 1. The summed E-state index contributed by atoms with van der Waals surface area (Å²) in [4.78, 5) is 13.3. The Morgan fingerprint density at radius 1 is 1.26 bits per heavy atom. The Kier molecular flexibility index (Phi) is 7.74. The van der Waals surface area contributed by atoms with Gasteiger partial charge in [0.25, 0.3) is 0 Å². The van der Waals surface area contributed by atoms with Gasteiger partial charge in [0.2, 0.25) is 5.91 Å². The maximum atomic E-state index is 12.1. The van der Waals surface area contributed by atoms with Crippen molar-refractivity contribution in [1.29, 1.82) is 0 Å². The van der Waals surface area contributed by atoms with Gasteiger partial charge in [-0.2, -0.15) is 0 Å². The van der Waals surface area contributed by atoms with Crippen LogP contribution in [0.5, 0.6) is 0 Å². The molecule has 0 radical (unpaired) electrons. The second-order valence-electron chi connectivity index (χ2n) is 6.66. The SMILES string of the molecule is CSc1ccc(COCc2cc(CC(=O)NCC3CCOCC3)no2)cc1. The highest BCUT2D eigenvalue weighted by Gasteiger charge is 2.15. The minimum Gasteiger partial charge on any atom is -0.381 e. The standard InChI is InChI=1S/C20H26N2O4S/c1-27-19-4-2-16(3-5-19)13-25-14-18-10-17(22-26-18)11-20(23)21-12-15-6-8-24-9-7-15/h2-5,10,15H,6-9,11-14H2,1H3,(H,21,23). The van der Waals surface area contributed by atoms with Crippen molar-refractivity contribution in [3.05, 3.63) is 47.3 Å². The predicted octanol–water partition coefficient (Wildman–Crippen LogP) is 3.20. The Labute approximate surface area is 164 Å². The van der Waals surface area contributed by atoms with Crippen molar-refractivity contribution in [2.24, 2.45) is 5.92 Å². The lowest BCUT2D eigenvalue weighted by atomic mass is 10.0. The highest BCUT2D eigenvalue weighted by atomic mass is 32.2. The second-order valence-corrected chi connectivity index (χ2v) is 7.54. The van der Waals surface area contributed by atoms with Gasteiger partial charge >= 0.3 is 0 Å². The van der Waals surface area contributed by atoms with E-state index in [-0.39, 0.29) is 12.3 Å². The molecule has 1 saturated heterocycles. The number of carbonyl (C=O) groups excluding carboxylic acids is 1. The normalized spacial score (nSPS) is 15.0. The van der Waals surface area contributed by atoms with Crippen LogP contribution in [0.1, 0.15) is 29.9 Å². The summed E-state index contributed by atoms with van der Waals surface area (Å²) < 4.78 is 16.3. The minimum atomic E-state index is -0.0313. The van der Waals surface area contributed by atoms with E-state index in [1.165, 1.54) is 4.90 Å². The van der Waals surface area contributed by atoms with Crippen molar-refractivity contribution in [3.8, 4) is 0 Å². The van der Waals surface area contributed by atoms with Crippen LogP contribution in [0.4, 0.5) is 0 Å². The van der Waals surface area contributed by atoms with Crippen LogP contribution in [0, 0.1) is 5.92 Å². The first kappa shape index (κ1) is 19.9. The van der Waals surface area contributed by atoms with E-state index in [2.05, 4.69) is 41.0 Å². The maximum Gasteiger partial charge on any atom is 0.226 e. The van der Waals surface area contributed by atoms with Crippen molar-refractivity contribution in [3.63, 3.8) is 0 Å². The third-order valence-corrected chi connectivity index (χ3v) is 5.29. The number of ether oxygens (including phenoxy) is 2. The third-order valence-electron chi connectivity index (χ3n) is 4.55. The van der Waals surface area contributed by atoms with Gasteiger partial charge in [0.05, 0.1) is 18.7 Å². The highest BCUT2D eigenvalue weighted by molar-refractivity contribution is 7.98. The molecule has 2 heterocycles. The number of aromatic nitrogens is 1. The fourth-order valence-electron chi connectivity index (χ4n) is 2.93. The van der Waals surface area contributed by atoms with Gasteiger partial charge in [0, 0.05) is 30.7 Å². The summed E-state index contributed by atoms with van der Waals surface area (Å²) >= 11 is 1.71. The molecule has 1 aromatic carbocycles. The molecule has 6 nitrogen and oxygen atoms in total. The lowest BCUT2D eigenvalue weighted by molar-refractivity contribution is -0.120. The quantitative estimate of drug-likeness (QED) is 0.663. The summed E-state index contributed by atoms with van der Waals surface area (Å²) in [6, 6.07) is 10.1. The Morgan fingerprint density at radius 2 is 2.04 bits per heavy atom. The second kappa shape index (κ2) is 10.5. The zero-order chi connectivity index (χ0) is 18.9. The predicted molar refractivity (Wildman–Crippen MR) is 103 cm³/mol. The largest absolute Gasteiger partial charge is 0.381 e. The molecule has 1 aliphatic heterocycles. The van der Waals surface area contributed by atoms with Crippen LogP contribution in [0.3, 0.4) is 0 Å². The van der Waals surface area contributed by atoms with E-state index in [1.807, 2.05) is 0 Å². The number of carbonyl (C=O) groups is 1. The van der Waals surface area contributed by atoms with E-state index in [4.69, 9.17) is 14.0 Å². The lowest BCUT2D eigenvalue weighted by Crippen LogP contribution is -2.33. The van der Waals surface area contributed by atoms with Gasteiger partial charge in [-0.1, -0.05) is 17.3 Å². The van der Waals surface area contributed by atoms with Crippen LogP contribution in [0.2, 0.25) is 0 Å². The fourth-order valence-corrected chi connectivity index (χ4v) is 3.34. The molecule has 0 atom stereocenters. The smallest absolute Gasteiger partial charge is 0.226 e. The molecule has 1 aliphatic rings. The van der Waals surface area contributed by atoms with Crippen LogP contribution >= 0.6 is 11.8 Å². The summed E-state index contributed by atoms with van der Waals surface area (Å²) in [6.07, 6.45) is 4.29. The molecule has 0 unspecified atom stereocenters. The Bertz CT molecular complexity index is 711. The number of rotatable bonds is 9. The summed E-state index contributed by atoms with van der Waals surface area (Å²) in [6.45, 7) is 3.12. The molecule has 0 saturated carbocycles. The maximum absolute atomic E-state index is 12.1. The Morgan fingerprint density at radius 3 is 2.78 bits per heavy atom. The first-order valence-electron chi connectivity index (χ1n) is 9.22. The van der Waals surface area contributed by atoms with Crippen molar-refractivity contribution >= 4 is 17.7 Å². The average Bonchev–Trinajstić information content (AvgIpc) is 3.15. The number of amides is 1. The summed E-state index contributed by atoms with van der Waals surface area (Å²) in [7, 11) is 0. The van der Waals surface area contributed by atoms with Gasteiger partial charge in [0.1, 0.15) is 6.61 Å². The molecule has 1 aromatic heterocycles. The molecule has 2 aromatic rings. The fraction of sp³-hybridized carbons (Fsp3) is 0.500. The van der Waals surface area contributed by atoms with Gasteiger partial charge < -0.3 is 19.3 Å². The number of hydrogen-bond acceptors (Lipinski definition) is 6. The molecule has 7 heteroatoms. The zero-order valence-electron chi connectivity index (χ0n) is 15.6. The molecule has 27 heavy (non-hydrogen) atoms. The van der Waals surface area contributed by atoms with Crippen molar-refractivity contribution in [1.82, 2.24) is 10.5 Å². The van der Waals surface area contributed by atoms with Crippen molar-refractivity contribution in [2.75, 3.05) is 26.0 Å². The number of hydrogen-bond donors (Lipinski definition) is 1. The zero-order valence-corrected chi connectivity index (χ0v) is 16.4. The third kappa shape index (κ3) is 6.68. The topological polar surface area (TPSA) is 73.6 Å². The lowest BCUT2D eigenvalue weighted by Gasteiger charge is -2.21. The summed E-state index contributed by atoms with van der Waals surface area (Å²) in [5.41, 5.74) is 1.74. The monoisotopic (exact) mass is 390 g/mol. The van der Waals surface area contributed by atoms with Crippen LogP contribution in [0.25, 0.3) is 0 Å². The van der Waals surface area contributed by atoms with Crippen molar-refractivity contribution in [2.45, 2.75) is 37.4 Å². The Hall–Kier alpha value is -1.83. The van der Waals surface area contributed by atoms with Gasteiger partial charge in [-0.25, -0.2) is 0 Å². The molecule has 1 N–H and O–H groups in total. The molecule has 0 bridgehead atoms. The highest BCUT2D eigenvalue weighted by Crippen LogP contribution is 2.16. The van der Waals surface area contributed by atoms with E-state index >= 15 is 0 Å². The minimum absolute atomic E-state index is 0.0313.